The highest BCUT2D eigenvalue weighted by Crippen LogP contribution is 2.36. The molecule has 7 nitrogen and oxygen atoms in total. The maximum Gasteiger partial charge on any atom is 0.294 e. The zero-order valence-electron chi connectivity index (χ0n) is 21.1. The number of nitrogens with one attached hydrogen (secondary N) is 1. The lowest BCUT2D eigenvalue weighted by atomic mass is 10.1. The Labute approximate surface area is 227 Å². The Hall–Kier alpha value is -3.65. The third-order valence-corrected chi connectivity index (χ3v) is 6.85. The second kappa shape index (κ2) is 12.3. The Bertz CT molecular complexity index is 1300. The summed E-state index contributed by atoms with van der Waals surface area (Å²) in [7, 11) is 0. The largest absolute Gasteiger partial charge is 0.449 e. The van der Waals surface area contributed by atoms with Gasteiger partial charge in [0.15, 0.2) is 11.5 Å². The van der Waals surface area contributed by atoms with E-state index < -0.39 is 0 Å². The topological polar surface area (TPSA) is 71.1 Å². The van der Waals surface area contributed by atoms with E-state index in [1.54, 1.807) is 23.1 Å². The molecule has 1 saturated heterocycles. The minimum Gasteiger partial charge on any atom is -0.449 e. The van der Waals surface area contributed by atoms with Gasteiger partial charge in [0.25, 0.3) is 11.8 Å². The van der Waals surface area contributed by atoms with Gasteiger partial charge < -0.3 is 14.8 Å². The molecule has 0 radical (unpaired) electrons. The molecule has 8 heteroatoms. The fraction of sp³-hybridized carbons (Fsp3) is 0.267. The van der Waals surface area contributed by atoms with Crippen LogP contribution in [0.1, 0.15) is 27.9 Å². The number of amides is 2. The summed E-state index contributed by atoms with van der Waals surface area (Å²) in [5.41, 5.74) is 3.01. The molecule has 5 rings (SSSR count). The first-order chi connectivity index (χ1) is 18.6. The second-order valence-corrected chi connectivity index (χ2v) is 9.72. The van der Waals surface area contributed by atoms with Crippen molar-refractivity contribution in [2.45, 2.75) is 13.0 Å². The SMILES string of the molecule is O=C(NCCCN1CCOCC1)c1ccc(C=C2Oc3ccccc3N(Cc3ccc(Cl)cc3)C2=O)cc1. The molecule has 1 fully saturated rings. The van der Waals surface area contributed by atoms with Crippen molar-refractivity contribution in [3.8, 4) is 5.75 Å². The van der Waals surface area contributed by atoms with Crippen molar-refractivity contribution in [1.82, 2.24) is 10.2 Å². The van der Waals surface area contributed by atoms with Crippen LogP contribution in [0.15, 0.2) is 78.6 Å². The van der Waals surface area contributed by atoms with Gasteiger partial charge in [0.05, 0.1) is 25.4 Å². The summed E-state index contributed by atoms with van der Waals surface area (Å²) in [6.07, 6.45) is 2.60. The number of halogens is 1. The van der Waals surface area contributed by atoms with Crippen LogP contribution in [0.2, 0.25) is 5.02 Å². The van der Waals surface area contributed by atoms with Crippen LogP contribution in [-0.2, 0) is 16.1 Å². The summed E-state index contributed by atoms with van der Waals surface area (Å²) >= 11 is 6.03. The molecular weight excluding hydrogens is 502 g/mol. The number of carbonyl (C=O) groups is 2. The zero-order valence-corrected chi connectivity index (χ0v) is 21.8. The van der Waals surface area contributed by atoms with Gasteiger partial charge in [0, 0.05) is 30.2 Å². The molecule has 2 amide bonds. The highest BCUT2D eigenvalue weighted by molar-refractivity contribution is 6.30. The number of anilines is 1. The van der Waals surface area contributed by atoms with Gasteiger partial charge in [-0.05, 0) is 66.6 Å². The summed E-state index contributed by atoms with van der Waals surface area (Å²) in [6, 6.07) is 22.1. The Balaban J connectivity index is 1.24. The number of rotatable bonds is 8. The molecule has 0 spiro atoms. The summed E-state index contributed by atoms with van der Waals surface area (Å²) in [5.74, 6) is 0.485. The predicted octanol–water partition coefficient (Wildman–Crippen LogP) is 4.76. The molecule has 3 aromatic carbocycles. The smallest absolute Gasteiger partial charge is 0.294 e. The van der Waals surface area contributed by atoms with E-state index in [0.717, 1.165) is 50.4 Å². The number of fused-ring (bicyclic) bond motifs is 1. The summed E-state index contributed by atoms with van der Waals surface area (Å²) < 4.78 is 11.4. The predicted molar refractivity (Wildman–Crippen MR) is 148 cm³/mol. The van der Waals surface area contributed by atoms with Crippen LogP contribution >= 0.6 is 11.6 Å². The maximum absolute atomic E-state index is 13.4. The van der Waals surface area contributed by atoms with Gasteiger partial charge in [0.2, 0.25) is 0 Å². The number of hydrogen-bond acceptors (Lipinski definition) is 5. The fourth-order valence-electron chi connectivity index (χ4n) is 4.51. The number of benzene rings is 3. The molecule has 0 aliphatic carbocycles. The lowest BCUT2D eigenvalue weighted by molar-refractivity contribution is -0.117. The molecule has 0 unspecified atom stereocenters. The van der Waals surface area contributed by atoms with E-state index in [1.165, 1.54) is 0 Å². The highest BCUT2D eigenvalue weighted by Gasteiger charge is 2.30. The van der Waals surface area contributed by atoms with E-state index in [1.807, 2.05) is 60.7 Å². The maximum atomic E-state index is 13.4. The van der Waals surface area contributed by atoms with Gasteiger partial charge in [-0.2, -0.15) is 0 Å². The van der Waals surface area contributed by atoms with Crippen LogP contribution in [0, 0.1) is 0 Å². The molecule has 2 aliphatic rings. The lowest BCUT2D eigenvalue weighted by Crippen LogP contribution is -2.38. The first-order valence-electron chi connectivity index (χ1n) is 12.8. The van der Waals surface area contributed by atoms with Crippen LogP contribution in [0.25, 0.3) is 6.08 Å². The van der Waals surface area contributed by atoms with Crippen molar-refractivity contribution in [3.05, 3.63) is 100 Å². The number of para-hydroxylation sites is 2. The molecule has 0 aromatic heterocycles. The van der Waals surface area contributed by atoms with E-state index in [4.69, 9.17) is 21.1 Å². The Morgan fingerprint density at radius 3 is 2.47 bits per heavy atom. The molecule has 38 heavy (non-hydrogen) atoms. The average Bonchev–Trinajstić information content (AvgIpc) is 2.95. The van der Waals surface area contributed by atoms with Crippen molar-refractivity contribution < 1.29 is 19.1 Å². The van der Waals surface area contributed by atoms with Crippen molar-refractivity contribution in [2.75, 3.05) is 44.3 Å². The first-order valence-corrected chi connectivity index (χ1v) is 13.2. The molecular formula is C30H30ClN3O4. The monoisotopic (exact) mass is 531 g/mol. The third-order valence-electron chi connectivity index (χ3n) is 6.60. The molecule has 0 saturated carbocycles. The molecule has 0 atom stereocenters. The first kappa shape index (κ1) is 26.0. The molecule has 3 aromatic rings. The number of ether oxygens (including phenoxy) is 2. The van der Waals surface area contributed by atoms with Crippen LogP contribution in [0.4, 0.5) is 5.69 Å². The van der Waals surface area contributed by atoms with E-state index in [9.17, 15) is 9.59 Å². The molecule has 1 N–H and O–H groups in total. The Morgan fingerprint density at radius 2 is 1.71 bits per heavy atom. The normalized spacial score (nSPS) is 16.7. The molecule has 2 heterocycles. The van der Waals surface area contributed by atoms with E-state index >= 15 is 0 Å². The summed E-state index contributed by atoms with van der Waals surface area (Å²) in [6.45, 7) is 5.40. The summed E-state index contributed by atoms with van der Waals surface area (Å²) in [4.78, 5) is 30.1. The molecule has 0 bridgehead atoms. The van der Waals surface area contributed by atoms with Gasteiger partial charge in [-0.25, -0.2) is 0 Å². The number of hydrogen-bond donors (Lipinski definition) is 1. The van der Waals surface area contributed by atoms with Crippen LogP contribution < -0.4 is 15.0 Å². The van der Waals surface area contributed by atoms with Gasteiger partial charge >= 0.3 is 0 Å². The molecule has 196 valence electrons. The van der Waals surface area contributed by atoms with Crippen LogP contribution in [0.3, 0.4) is 0 Å². The van der Waals surface area contributed by atoms with Gasteiger partial charge in [-0.15, -0.1) is 0 Å². The number of nitrogens with zero attached hydrogens (tertiary/aromatic N) is 2. The molecule has 2 aliphatic heterocycles. The quantitative estimate of drug-likeness (QED) is 0.335. The van der Waals surface area contributed by atoms with Crippen molar-refractivity contribution in [3.63, 3.8) is 0 Å². The second-order valence-electron chi connectivity index (χ2n) is 9.28. The van der Waals surface area contributed by atoms with Crippen molar-refractivity contribution >= 4 is 35.2 Å². The standard InChI is InChI=1S/C30H30ClN3O4/c31-25-12-8-23(9-13-25)21-34-26-4-1-2-5-27(26)38-28(30(34)36)20-22-6-10-24(11-7-22)29(35)32-14-3-15-33-16-18-37-19-17-33/h1-2,4-13,20H,3,14-19,21H2,(H,32,35). The van der Waals surface area contributed by atoms with E-state index in [0.29, 0.717) is 35.1 Å². The minimum atomic E-state index is -0.235. The van der Waals surface area contributed by atoms with Crippen molar-refractivity contribution in [2.24, 2.45) is 0 Å². The fourth-order valence-corrected chi connectivity index (χ4v) is 4.63. The van der Waals surface area contributed by atoms with Crippen LogP contribution in [0.5, 0.6) is 5.75 Å². The lowest BCUT2D eigenvalue weighted by Gasteiger charge is -2.30. The van der Waals surface area contributed by atoms with Gasteiger partial charge in [-0.3, -0.25) is 19.4 Å². The third kappa shape index (κ3) is 6.42. The van der Waals surface area contributed by atoms with Crippen LogP contribution in [-0.4, -0.2) is 56.1 Å². The van der Waals surface area contributed by atoms with Crippen molar-refractivity contribution in [1.29, 1.82) is 0 Å². The zero-order chi connectivity index (χ0) is 26.3. The number of carbonyl (C=O) groups excluding carboxylic acids is 2. The van der Waals surface area contributed by atoms with Gasteiger partial charge in [-0.1, -0.05) is 48.0 Å². The Kier molecular flexibility index (Phi) is 8.38. The average molecular weight is 532 g/mol. The number of morpholine rings is 1. The van der Waals surface area contributed by atoms with E-state index in [2.05, 4.69) is 10.2 Å². The highest BCUT2D eigenvalue weighted by atomic mass is 35.5. The summed E-state index contributed by atoms with van der Waals surface area (Å²) in [5, 5.41) is 3.63. The minimum absolute atomic E-state index is 0.112. The Morgan fingerprint density at radius 1 is 0.974 bits per heavy atom. The van der Waals surface area contributed by atoms with E-state index in [-0.39, 0.29) is 17.6 Å². The van der Waals surface area contributed by atoms with Gasteiger partial charge in [0.1, 0.15) is 0 Å².